The summed E-state index contributed by atoms with van der Waals surface area (Å²) in [6, 6.07) is 10.8. The van der Waals surface area contributed by atoms with Crippen molar-refractivity contribution >= 4 is 28.4 Å². The summed E-state index contributed by atoms with van der Waals surface area (Å²) in [6.45, 7) is 3.06. The Bertz CT molecular complexity index is 941. The molecule has 3 aromatic rings. The quantitative estimate of drug-likeness (QED) is 0.702. The van der Waals surface area contributed by atoms with E-state index in [1.165, 1.54) is 11.6 Å². The predicted octanol–water partition coefficient (Wildman–Crippen LogP) is 4.03. The summed E-state index contributed by atoms with van der Waals surface area (Å²) < 4.78 is 0. The van der Waals surface area contributed by atoms with Gasteiger partial charge in [-0.1, -0.05) is 11.6 Å². The van der Waals surface area contributed by atoms with Crippen LogP contribution in [0.1, 0.15) is 27.2 Å². The van der Waals surface area contributed by atoms with Gasteiger partial charge in [0.25, 0.3) is 5.91 Å². The fourth-order valence-electron chi connectivity index (χ4n) is 3.46. The number of amides is 1. The number of benzene rings is 2. The number of rotatable bonds is 1. The highest BCUT2D eigenvalue weighted by Gasteiger charge is 2.25. The van der Waals surface area contributed by atoms with Crippen LogP contribution >= 0.6 is 11.6 Å². The molecule has 122 valence electrons. The molecule has 0 aliphatic carbocycles. The SMILES string of the molecule is Cc1cc(O)cc(C(=O)N2CCc3c([nH]c4ccc(Cl)cc34)C2)c1. The van der Waals surface area contributed by atoms with Crippen molar-refractivity contribution in [2.45, 2.75) is 19.9 Å². The average molecular weight is 341 g/mol. The van der Waals surface area contributed by atoms with Crippen molar-refractivity contribution in [2.75, 3.05) is 6.54 Å². The van der Waals surface area contributed by atoms with E-state index in [-0.39, 0.29) is 11.7 Å². The van der Waals surface area contributed by atoms with E-state index in [1.807, 2.05) is 36.1 Å². The topological polar surface area (TPSA) is 56.3 Å². The molecule has 2 N–H and O–H groups in total. The van der Waals surface area contributed by atoms with Gasteiger partial charge in [0.05, 0.1) is 6.54 Å². The summed E-state index contributed by atoms with van der Waals surface area (Å²) >= 11 is 6.10. The average Bonchev–Trinajstić information content (AvgIpc) is 2.90. The maximum atomic E-state index is 12.8. The van der Waals surface area contributed by atoms with Crippen molar-refractivity contribution in [3.63, 3.8) is 0 Å². The molecule has 24 heavy (non-hydrogen) atoms. The van der Waals surface area contributed by atoms with Crippen molar-refractivity contribution in [3.05, 3.63) is 63.8 Å². The number of fused-ring (bicyclic) bond motifs is 3. The number of phenols is 1. The van der Waals surface area contributed by atoms with Crippen molar-refractivity contribution < 1.29 is 9.90 Å². The zero-order valence-corrected chi connectivity index (χ0v) is 14.0. The van der Waals surface area contributed by atoms with Crippen molar-refractivity contribution in [3.8, 4) is 5.75 Å². The van der Waals surface area contributed by atoms with Crippen LogP contribution < -0.4 is 0 Å². The van der Waals surface area contributed by atoms with Gasteiger partial charge in [-0.15, -0.1) is 0 Å². The zero-order chi connectivity index (χ0) is 16.8. The maximum Gasteiger partial charge on any atom is 0.254 e. The molecule has 0 spiro atoms. The molecule has 0 unspecified atom stereocenters. The summed E-state index contributed by atoms with van der Waals surface area (Å²) in [4.78, 5) is 18.0. The van der Waals surface area contributed by atoms with Gasteiger partial charge in [-0.2, -0.15) is 0 Å². The Hall–Kier alpha value is -2.46. The number of aromatic amines is 1. The molecule has 0 saturated carbocycles. The zero-order valence-electron chi connectivity index (χ0n) is 13.3. The number of aromatic hydroxyl groups is 1. The molecule has 2 aromatic carbocycles. The Labute approximate surface area is 144 Å². The number of carbonyl (C=O) groups excluding carboxylic acids is 1. The lowest BCUT2D eigenvalue weighted by molar-refractivity contribution is 0.0732. The summed E-state index contributed by atoms with van der Waals surface area (Å²) in [6.07, 6.45) is 0.791. The molecule has 4 rings (SSSR count). The van der Waals surface area contributed by atoms with Gasteiger partial charge in [0, 0.05) is 33.7 Å². The molecule has 0 bridgehead atoms. The first-order valence-corrected chi connectivity index (χ1v) is 8.28. The van der Waals surface area contributed by atoms with E-state index in [9.17, 15) is 9.90 Å². The molecule has 0 fully saturated rings. The van der Waals surface area contributed by atoms with Crippen LogP contribution in [0.4, 0.5) is 0 Å². The third-order valence-electron chi connectivity index (χ3n) is 4.53. The van der Waals surface area contributed by atoms with Crippen LogP contribution in [0.15, 0.2) is 36.4 Å². The molecule has 1 amide bonds. The smallest absolute Gasteiger partial charge is 0.254 e. The number of nitrogens with zero attached hydrogens (tertiary/aromatic N) is 1. The predicted molar refractivity (Wildman–Crippen MR) is 94.6 cm³/mol. The van der Waals surface area contributed by atoms with Crippen LogP contribution in [0.25, 0.3) is 10.9 Å². The second kappa shape index (κ2) is 5.56. The standard InChI is InChI=1S/C19H17ClN2O2/c1-11-6-12(8-14(23)7-11)19(24)22-5-4-15-16-9-13(20)2-3-17(16)21-18(15)10-22/h2-3,6-9,21,23H,4-5,10H2,1H3. The van der Waals surface area contributed by atoms with E-state index in [1.54, 1.807) is 6.07 Å². The minimum atomic E-state index is -0.0589. The molecule has 1 aromatic heterocycles. The lowest BCUT2D eigenvalue weighted by atomic mass is 10.0. The number of phenolic OH excluding ortho intramolecular Hbond substituents is 1. The molecule has 1 aliphatic heterocycles. The number of halogens is 1. The fraction of sp³-hybridized carbons (Fsp3) is 0.211. The van der Waals surface area contributed by atoms with E-state index < -0.39 is 0 Å². The minimum absolute atomic E-state index is 0.0589. The summed E-state index contributed by atoms with van der Waals surface area (Å²) in [5.74, 6) is 0.0626. The molecule has 5 heteroatoms. The lowest BCUT2D eigenvalue weighted by Gasteiger charge is -2.27. The van der Waals surface area contributed by atoms with Gasteiger partial charge >= 0.3 is 0 Å². The highest BCUT2D eigenvalue weighted by atomic mass is 35.5. The van der Waals surface area contributed by atoms with Crippen LogP contribution in [-0.2, 0) is 13.0 Å². The first-order chi connectivity index (χ1) is 11.5. The highest BCUT2D eigenvalue weighted by molar-refractivity contribution is 6.31. The van der Waals surface area contributed by atoms with Gasteiger partial charge in [0.15, 0.2) is 0 Å². The highest BCUT2D eigenvalue weighted by Crippen LogP contribution is 2.30. The Morgan fingerprint density at radius 2 is 2.08 bits per heavy atom. The maximum absolute atomic E-state index is 12.8. The van der Waals surface area contributed by atoms with Gasteiger partial charge in [-0.3, -0.25) is 4.79 Å². The van der Waals surface area contributed by atoms with Crippen LogP contribution in [0.2, 0.25) is 5.02 Å². The number of aryl methyl sites for hydroxylation is 1. The van der Waals surface area contributed by atoms with E-state index in [0.29, 0.717) is 18.7 Å². The van der Waals surface area contributed by atoms with Crippen LogP contribution in [0.3, 0.4) is 0 Å². The van der Waals surface area contributed by atoms with Gasteiger partial charge in [0.1, 0.15) is 5.75 Å². The van der Waals surface area contributed by atoms with Gasteiger partial charge in [0.2, 0.25) is 0 Å². The molecule has 0 atom stereocenters. The van der Waals surface area contributed by atoms with Gasteiger partial charge < -0.3 is 15.0 Å². The summed E-state index contributed by atoms with van der Waals surface area (Å²) in [5.41, 5.74) is 4.74. The fourth-order valence-corrected chi connectivity index (χ4v) is 3.63. The van der Waals surface area contributed by atoms with E-state index >= 15 is 0 Å². The van der Waals surface area contributed by atoms with E-state index in [4.69, 9.17) is 11.6 Å². The minimum Gasteiger partial charge on any atom is -0.508 e. The third-order valence-corrected chi connectivity index (χ3v) is 4.77. The van der Waals surface area contributed by atoms with E-state index in [2.05, 4.69) is 4.98 Å². The van der Waals surface area contributed by atoms with Crippen LogP contribution in [0, 0.1) is 6.92 Å². The van der Waals surface area contributed by atoms with Crippen LogP contribution in [-0.4, -0.2) is 27.4 Å². The Kier molecular flexibility index (Phi) is 3.50. The number of hydrogen-bond acceptors (Lipinski definition) is 2. The van der Waals surface area contributed by atoms with Crippen LogP contribution in [0.5, 0.6) is 5.75 Å². The number of H-pyrrole nitrogens is 1. The molecule has 4 nitrogen and oxygen atoms in total. The molecule has 0 saturated heterocycles. The van der Waals surface area contributed by atoms with Crippen molar-refractivity contribution in [1.82, 2.24) is 9.88 Å². The summed E-state index contributed by atoms with van der Waals surface area (Å²) in [5, 5.41) is 11.6. The first kappa shape index (κ1) is 15.1. The van der Waals surface area contributed by atoms with Gasteiger partial charge in [-0.05, 0) is 60.9 Å². The molecule has 1 aliphatic rings. The molecular weight excluding hydrogens is 324 g/mol. The normalized spacial score (nSPS) is 14.0. The second-order valence-corrected chi connectivity index (χ2v) is 6.74. The molecule has 2 heterocycles. The second-order valence-electron chi connectivity index (χ2n) is 6.31. The van der Waals surface area contributed by atoms with Crippen molar-refractivity contribution in [1.29, 1.82) is 0 Å². The Morgan fingerprint density at radius 1 is 1.25 bits per heavy atom. The molecule has 0 radical (unpaired) electrons. The Morgan fingerprint density at radius 3 is 2.88 bits per heavy atom. The monoisotopic (exact) mass is 340 g/mol. The first-order valence-electron chi connectivity index (χ1n) is 7.90. The lowest BCUT2D eigenvalue weighted by Crippen LogP contribution is -2.35. The largest absolute Gasteiger partial charge is 0.508 e. The summed E-state index contributed by atoms with van der Waals surface area (Å²) in [7, 11) is 0. The van der Waals surface area contributed by atoms with E-state index in [0.717, 1.165) is 33.6 Å². The number of aromatic nitrogens is 1. The molecular formula is C19H17ClN2O2. The number of carbonyl (C=O) groups is 1. The third kappa shape index (κ3) is 2.53. The Balaban J connectivity index is 1.66. The van der Waals surface area contributed by atoms with Crippen molar-refractivity contribution in [2.24, 2.45) is 0 Å². The van der Waals surface area contributed by atoms with Gasteiger partial charge in [-0.25, -0.2) is 0 Å². The number of hydrogen-bond donors (Lipinski definition) is 2. The number of nitrogens with one attached hydrogen (secondary N) is 1.